The van der Waals surface area contributed by atoms with Gasteiger partial charge in [-0.3, -0.25) is 4.79 Å². The molecule has 3 rings (SSSR count). The number of methoxy groups -OCH3 is 1. The van der Waals surface area contributed by atoms with Crippen LogP contribution < -0.4 is 20.5 Å². The number of carboxylic acid groups (broad SMARTS) is 1. The SMILES string of the molecule is COc1ccc(NCc2ccc(F)c(C(F)(F)F)c2)c(COc2c(Cl)cc(C[C@H](N)C(=O)O)cc2Cl)c1. The summed E-state index contributed by atoms with van der Waals surface area (Å²) in [5.74, 6) is -1.86. The normalized spacial score (nSPS) is 12.2. The van der Waals surface area contributed by atoms with E-state index in [0.717, 1.165) is 12.1 Å². The first-order valence-corrected chi connectivity index (χ1v) is 11.5. The number of carboxylic acids is 1. The number of alkyl halides is 3. The molecule has 0 saturated carbocycles. The Morgan fingerprint density at radius 2 is 1.76 bits per heavy atom. The zero-order chi connectivity index (χ0) is 27.3. The van der Waals surface area contributed by atoms with E-state index < -0.39 is 29.6 Å². The van der Waals surface area contributed by atoms with Crippen molar-refractivity contribution in [3.8, 4) is 11.5 Å². The molecular formula is C25H22Cl2F4N2O4. The van der Waals surface area contributed by atoms with Crippen molar-refractivity contribution in [2.75, 3.05) is 12.4 Å². The minimum absolute atomic E-state index is 0.0123. The Labute approximate surface area is 219 Å². The van der Waals surface area contributed by atoms with Crippen molar-refractivity contribution < 1.29 is 36.9 Å². The van der Waals surface area contributed by atoms with Crippen LogP contribution in [0.3, 0.4) is 0 Å². The Hall–Kier alpha value is -3.21. The number of halogens is 6. The molecule has 0 amide bonds. The van der Waals surface area contributed by atoms with Gasteiger partial charge in [-0.25, -0.2) is 4.39 Å². The zero-order valence-electron chi connectivity index (χ0n) is 19.3. The van der Waals surface area contributed by atoms with Gasteiger partial charge < -0.3 is 25.6 Å². The van der Waals surface area contributed by atoms with E-state index in [0.29, 0.717) is 22.6 Å². The lowest BCUT2D eigenvalue weighted by Crippen LogP contribution is -2.32. The van der Waals surface area contributed by atoms with Gasteiger partial charge in [-0.05, 0) is 60.0 Å². The van der Waals surface area contributed by atoms with Crippen LogP contribution in [0.1, 0.15) is 22.3 Å². The zero-order valence-corrected chi connectivity index (χ0v) is 20.8. The van der Waals surface area contributed by atoms with Crippen LogP contribution in [0.15, 0.2) is 48.5 Å². The molecule has 3 aromatic carbocycles. The van der Waals surface area contributed by atoms with E-state index in [1.54, 1.807) is 18.2 Å². The third kappa shape index (κ3) is 7.41. The Morgan fingerprint density at radius 1 is 1.08 bits per heavy atom. The Morgan fingerprint density at radius 3 is 2.35 bits per heavy atom. The molecule has 0 heterocycles. The second-order valence-corrected chi connectivity index (χ2v) is 8.83. The summed E-state index contributed by atoms with van der Waals surface area (Å²) in [4.78, 5) is 11.0. The molecule has 0 aliphatic rings. The van der Waals surface area contributed by atoms with E-state index in [2.05, 4.69) is 5.32 Å². The fraction of sp³-hybridized carbons (Fsp3) is 0.240. The molecule has 4 N–H and O–H groups in total. The Bertz CT molecular complexity index is 1270. The lowest BCUT2D eigenvalue weighted by molar-refractivity contribution is -0.140. The number of nitrogens with two attached hydrogens (primary N) is 1. The fourth-order valence-electron chi connectivity index (χ4n) is 3.45. The minimum atomic E-state index is -4.81. The lowest BCUT2D eigenvalue weighted by atomic mass is 10.1. The van der Waals surface area contributed by atoms with E-state index in [1.807, 2.05) is 0 Å². The number of nitrogens with one attached hydrogen (secondary N) is 1. The number of benzene rings is 3. The first kappa shape index (κ1) is 28.4. The van der Waals surface area contributed by atoms with Gasteiger partial charge in [0.25, 0.3) is 0 Å². The lowest BCUT2D eigenvalue weighted by Gasteiger charge is -2.17. The van der Waals surface area contributed by atoms with Gasteiger partial charge in [0.05, 0.1) is 22.7 Å². The number of rotatable bonds is 10. The molecule has 0 saturated heterocycles. The monoisotopic (exact) mass is 560 g/mol. The maximum atomic E-state index is 13.6. The molecule has 0 spiro atoms. The molecule has 1 atom stereocenters. The molecule has 37 heavy (non-hydrogen) atoms. The van der Waals surface area contributed by atoms with Crippen molar-refractivity contribution in [3.05, 3.63) is 86.6 Å². The number of ether oxygens (including phenoxy) is 2. The van der Waals surface area contributed by atoms with Crippen LogP contribution in [-0.2, 0) is 30.5 Å². The van der Waals surface area contributed by atoms with Crippen LogP contribution >= 0.6 is 23.2 Å². The van der Waals surface area contributed by atoms with Crippen molar-refractivity contribution in [1.29, 1.82) is 0 Å². The second kappa shape index (κ2) is 11.9. The standard InChI is InChI=1S/C25H22Cl2F4N2O4/c1-36-16-3-5-22(33-11-13-2-4-20(28)17(6-13)25(29,30)31)15(10-16)12-37-23-18(26)7-14(8-19(23)27)9-21(32)24(34)35/h2-8,10,21,33H,9,11-12,32H2,1H3,(H,34,35)/t21-/m0/s1. The molecule has 6 nitrogen and oxygen atoms in total. The quantitative estimate of drug-likeness (QED) is 0.252. The number of hydrogen-bond acceptors (Lipinski definition) is 5. The highest BCUT2D eigenvalue weighted by atomic mass is 35.5. The topological polar surface area (TPSA) is 93.8 Å². The third-order valence-corrected chi connectivity index (χ3v) is 5.90. The van der Waals surface area contributed by atoms with Gasteiger partial charge in [-0.15, -0.1) is 0 Å². The molecule has 198 valence electrons. The summed E-state index contributed by atoms with van der Waals surface area (Å²) in [6.07, 6.45) is -4.80. The maximum absolute atomic E-state index is 13.6. The van der Waals surface area contributed by atoms with Gasteiger partial charge in [0.15, 0.2) is 5.75 Å². The van der Waals surface area contributed by atoms with Crippen LogP contribution in [0.2, 0.25) is 10.0 Å². The summed E-state index contributed by atoms with van der Waals surface area (Å²) in [6.45, 7) is -0.0765. The van der Waals surface area contributed by atoms with Crippen LogP contribution in [-0.4, -0.2) is 24.2 Å². The average molecular weight is 561 g/mol. The number of anilines is 1. The average Bonchev–Trinajstić information content (AvgIpc) is 2.82. The van der Waals surface area contributed by atoms with Crippen molar-refractivity contribution in [1.82, 2.24) is 0 Å². The van der Waals surface area contributed by atoms with Crippen molar-refractivity contribution in [2.24, 2.45) is 5.73 Å². The summed E-state index contributed by atoms with van der Waals surface area (Å²) in [5, 5.41) is 12.3. The van der Waals surface area contributed by atoms with Gasteiger partial charge in [-0.2, -0.15) is 13.2 Å². The predicted octanol–water partition coefficient (Wildman–Crippen LogP) is 6.31. The molecule has 0 aliphatic carbocycles. The fourth-order valence-corrected chi connectivity index (χ4v) is 4.09. The number of aliphatic carboxylic acids is 1. The first-order valence-electron chi connectivity index (χ1n) is 10.7. The van der Waals surface area contributed by atoms with Gasteiger partial charge in [0.2, 0.25) is 0 Å². The van der Waals surface area contributed by atoms with Crippen LogP contribution in [0.4, 0.5) is 23.2 Å². The second-order valence-electron chi connectivity index (χ2n) is 8.01. The van der Waals surface area contributed by atoms with Gasteiger partial charge in [-0.1, -0.05) is 29.3 Å². The van der Waals surface area contributed by atoms with Crippen molar-refractivity contribution in [2.45, 2.75) is 31.8 Å². The summed E-state index contributed by atoms with van der Waals surface area (Å²) in [5.41, 5.74) is 6.04. The van der Waals surface area contributed by atoms with E-state index >= 15 is 0 Å². The molecule has 0 aromatic heterocycles. The Balaban J connectivity index is 1.79. The Kier molecular flexibility index (Phi) is 9.12. The summed E-state index contributed by atoms with van der Waals surface area (Å²) in [7, 11) is 1.47. The number of carbonyl (C=O) groups is 1. The van der Waals surface area contributed by atoms with Crippen LogP contribution in [0.5, 0.6) is 11.5 Å². The summed E-state index contributed by atoms with van der Waals surface area (Å²) in [6, 6.07) is 9.63. The molecule has 12 heteroatoms. The van der Waals surface area contributed by atoms with E-state index in [9.17, 15) is 22.4 Å². The maximum Gasteiger partial charge on any atom is 0.419 e. The minimum Gasteiger partial charge on any atom is -0.497 e. The van der Waals surface area contributed by atoms with Gasteiger partial charge in [0.1, 0.15) is 24.2 Å². The molecule has 0 unspecified atom stereocenters. The highest BCUT2D eigenvalue weighted by molar-refractivity contribution is 6.37. The third-order valence-electron chi connectivity index (χ3n) is 5.33. The first-order chi connectivity index (χ1) is 17.4. The van der Waals surface area contributed by atoms with Gasteiger partial charge in [0, 0.05) is 17.8 Å². The van der Waals surface area contributed by atoms with Gasteiger partial charge >= 0.3 is 12.1 Å². The molecule has 0 fully saturated rings. The van der Waals surface area contributed by atoms with E-state index in [1.165, 1.54) is 25.3 Å². The van der Waals surface area contributed by atoms with Crippen molar-refractivity contribution >= 4 is 34.9 Å². The molecule has 3 aromatic rings. The van der Waals surface area contributed by atoms with Crippen LogP contribution in [0.25, 0.3) is 0 Å². The molecule has 0 radical (unpaired) electrons. The largest absolute Gasteiger partial charge is 0.497 e. The van der Waals surface area contributed by atoms with E-state index in [-0.39, 0.29) is 40.9 Å². The van der Waals surface area contributed by atoms with Crippen molar-refractivity contribution in [3.63, 3.8) is 0 Å². The smallest absolute Gasteiger partial charge is 0.419 e. The summed E-state index contributed by atoms with van der Waals surface area (Å²) < 4.78 is 63.8. The molecule has 0 bridgehead atoms. The predicted molar refractivity (Wildman–Crippen MR) is 132 cm³/mol. The number of hydrogen-bond donors (Lipinski definition) is 3. The molecular weight excluding hydrogens is 539 g/mol. The highest BCUT2D eigenvalue weighted by Crippen LogP contribution is 2.36. The van der Waals surface area contributed by atoms with Crippen LogP contribution in [0, 0.1) is 5.82 Å². The van der Waals surface area contributed by atoms with E-state index in [4.69, 9.17) is 43.5 Å². The molecule has 0 aliphatic heterocycles. The highest BCUT2D eigenvalue weighted by Gasteiger charge is 2.34. The summed E-state index contributed by atoms with van der Waals surface area (Å²) >= 11 is 12.6.